The largest absolute Gasteiger partial charge is 0.497 e. The molecule has 0 N–H and O–H groups in total. The topological polar surface area (TPSA) is 36.9 Å². The van der Waals surface area contributed by atoms with Crippen LogP contribution in [0.3, 0.4) is 0 Å². The smallest absolute Gasteiger partial charge is 0.495 e. The van der Waals surface area contributed by atoms with Gasteiger partial charge in [-0.15, -0.1) is 0 Å². The Hall–Kier alpha value is -1.98. The average Bonchev–Trinajstić information content (AvgIpc) is 2.81. The van der Waals surface area contributed by atoms with E-state index in [9.17, 15) is 0 Å². The Morgan fingerprint density at radius 2 is 1.52 bits per heavy atom. The molecule has 2 aromatic carbocycles. The summed E-state index contributed by atoms with van der Waals surface area (Å²) in [6.45, 7) is 8.67. The van der Waals surface area contributed by atoms with Crippen molar-refractivity contribution in [1.82, 2.24) is 0 Å². The van der Waals surface area contributed by atoms with Gasteiger partial charge in [0.15, 0.2) is 0 Å². The minimum atomic E-state index is -0.393. The maximum absolute atomic E-state index is 6.18. The van der Waals surface area contributed by atoms with E-state index in [1.54, 1.807) is 7.11 Å². The molecular weight excluding hydrogens is 315 g/mol. The molecule has 0 radical (unpaired) electrons. The van der Waals surface area contributed by atoms with Gasteiger partial charge in [0.05, 0.1) is 18.3 Å². The predicted molar refractivity (Wildman–Crippen MR) is 99.5 cm³/mol. The zero-order valence-electron chi connectivity index (χ0n) is 15.5. The minimum absolute atomic E-state index is 0.363. The first-order valence-electron chi connectivity index (χ1n) is 8.53. The summed E-state index contributed by atoms with van der Waals surface area (Å²) in [5.41, 5.74) is 1.32. The Morgan fingerprint density at radius 3 is 2.20 bits per heavy atom. The van der Waals surface area contributed by atoms with E-state index in [0.717, 1.165) is 22.5 Å². The van der Waals surface area contributed by atoms with Gasteiger partial charge in [-0.05, 0) is 50.9 Å². The van der Waals surface area contributed by atoms with Crippen LogP contribution < -0.4 is 14.9 Å². The van der Waals surface area contributed by atoms with Gasteiger partial charge in [-0.3, -0.25) is 0 Å². The molecule has 1 aliphatic rings. The van der Waals surface area contributed by atoms with Crippen LogP contribution in [0.5, 0.6) is 11.5 Å². The summed E-state index contributed by atoms with van der Waals surface area (Å²) in [5, 5.41) is 0. The number of hydrogen-bond donors (Lipinski definition) is 0. The highest BCUT2D eigenvalue weighted by atomic mass is 16.7. The third-order valence-corrected chi connectivity index (χ3v) is 5.00. The van der Waals surface area contributed by atoms with Crippen molar-refractivity contribution in [2.75, 3.05) is 7.11 Å². The third kappa shape index (κ3) is 3.67. The number of ether oxygens (including phenoxy) is 2. The monoisotopic (exact) mass is 340 g/mol. The second kappa shape index (κ2) is 6.73. The Labute approximate surface area is 150 Å². The van der Waals surface area contributed by atoms with E-state index in [1.807, 2.05) is 48.5 Å². The minimum Gasteiger partial charge on any atom is -0.497 e. The first-order valence-corrected chi connectivity index (χ1v) is 8.53. The molecule has 1 saturated heterocycles. The summed E-state index contributed by atoms with van der Waals surface area (Å²) in [6, 6.07) is 15.7. The molecule has 0 atom stereocenters. The summed E-state index contributed by atoms with van der Waals surface area (Å²) >= 11 is 0. The van der Waals surface area contributed by atoms with Gasteiger partial charge < -0.3 is 18.8 Å². The molecule has 0 bridgehead atoms. The SMILES string of the molecule is COc1cccc(OCc2ccccc2B2OC(C)(C)C(C)(C)O2)c1. The van der Waals surface area contributed by atoms with E-state index in [1.165, 1.54) is 0 Å². The van der Waals surface area contributed by atoms with Gasteiger partial charge in [-0.2, -0.15) is 0 Å². The molecule has 4 nitrogen and oxygen atoms in total. The fraction of sp³-hybridized carbons (Fsp3) is 0.400. The van der Waals surface area contributed by atoms with Crippen molar-refractivity contribution in [3.63, 3.8) is 0 Å². The van der Waals surface area contributed by atoms with Crippen LogP contribution in [0.1, 0.15) is 33.3 Å². The fourth-order valence-corrected chi connectivity index (χ4v) is 2.72. The summed E-state index contributed by atoms with van der Waals surface area (Å²) in [4.78, 5) is 0. The van der Waals surface area contributed by atoms with Crippen LogP contribution in [0.25, 0.3) is 0 Å². The van der Waals surface area contributed by atoms with Crippen LogP contribution in [-0.4, -0.2) is 25.4 Å². The van der Waals surface area contributed by atoms with Crippen molar-refractivity contribution in [1.29, 1.82) is 0 Å². The van der Waals surface area contributed by atoms with Crippen molar-refractivity contribution >= 4 is 12.6 Å². The second-order valence-electron chi connectivity index (χ2n) is 7.25. The highest BCUT2D eigenvalue weighted by Crippen LogP contribution is 2.36. The third-order valence-electron chi connectivity index (χ3n) is 5.00. The van der Waals surface area contributed by atoms with Crippen molar-refractivity contribution in [3.05, 3.63) is 54.1 Å². The second-order valence-corrected chi connectivity index (χ2v) is 7.25. The molecular formula is C20H25BO4. The molecule has 1 aliphatic heterocycles. The van der Waals surface area contributed by atoms with Gasteiger partial charge in [0.2, 0.25) is 0 Å². The lowest BCUT2D eigenvalue weighted by Crippen LogP contribution is -2.41. The molecule has 0 unspecified atom stereocenters. The molecule has 0 saturated carbocycles. The lowest BCUT2D eigenvalue weighted by atomic mass is 9.76. The molecule has 1 heterocycles. The van der Waals surface area contributed by atoms with Crippen LogP contribution in [0.2, 0.25) is 0 Å². The van der Waals surface area contributed by atoms with Gasteiger partial charge in [-0.25, -0.2) is 0 Å². The number of hydrogen-bond acceptors (Lipinski definition) is 4. The molecule has 132 valence electrons. The molecule has 25 heavy (non-hydrogen) atoms. The Bertz CT molecular complexity index is 726. The van der Waals surface area contributed by atoms with Gasteiger partial charge in [0.1, 0.15) is 18.1 Å². The van der Waals surface area contributed by atoms with E-state index in [0.29, 0.717) is 6.61 Å². The fourth-order valence-electron chi connectivity index (χ4n) is 2.72. The van der Waals surface area contributed by atoms with Crippen LogP contribution >= 0.6 is 0 Å². The average molecular weight is 340 g/mol. The van der Waals surface area contributed by atoms with Crippen molar-refractivity contribution < 1.29 is 18.8 Å². The zero-order chi connectivity index (χ0) is 18.1. The molecule has 5 heteroatoms. The lowest BCUT2D eigenvalue weighted by molar-refractivity contribution is 0.00578. The van der Waals surface area contributed by atoms with Gasteiger partial charge in [0, 0.05) is 6.07 Å². The summed E-state index contributed by atoms with van der Waals surface area (Å²) in [5.74, 6) is 1.54. The molecule has 2 aromatic rings. The Morgan fingerprint density at radius 1 is 0.880 bits per heavy atom. The summed E-state index contributed by atoms with van der Waals surface area (Å²) in [7, 11) is 1.25. The standard InChI is InChI=1S/C20H25BO4/c1-19(2)20(3,4)25-21(24-19)18-12-7-6-9-15(18)14-23-17-11-8-10-16(13-17)22-5/h6-13H,14H2,1-5H3. The van der Waals surface area contributed by atoms with Crippen LogP contribution in [0.4, 0.5) is 0 Å². The van der Waals surface area contributed by atoms with Crippen molar-refractivity contribution in [2.24, 2.45) is 0 Å². The maximum atomic E-state index is 6.18. The quantitative estimate of drug-likeness (QED) is 0.780. The molecule has 0 aromatic heterocycles. The van der Waals surface area contributed by atoms with E-state index in [4.69, 9.17) is 18.8 Å². The highest BCUT2D eigenvalue weighted by molar-refractivity contribution is 6.62. The highest BCUT2D eigenvalue weighted by Gasteiger charge is 2.52. The summed E-state index contributed by atoms with van der Waals surface area (Å²) in [6.07, 6.45) is 0. The van der Waals surface area contributed by atoms with Crippen LogP contribution in [0, 0.1) is 0 Å². The Kier molecular flexibility index (Phi) is 4.80. The molecule has 1 fully saturated rings. The number of benzene rings is 2. The van der Waals surface area contributed by atoms with Crippen molar-refractivity contribution in [3.8, 4) is 11.5 Å². The number of methoxy groups -OCH3 is 1. The zero-order valence-corrected chi connectivity index (χ0v) is 15.5. The molecule has 0 aliphatic carbocycles. The van der Waals surface area contributed by atoms with Crippen LogP contribution in [0.15, 0.2) is 48.5 Å². The lowest BCUT2D eigenvalue weighted by Gasteiger charge is -2.32. The first-order chi connectivity index (χ1) is 11.8. The molecule has 0 spiro atoms. The van der Waals surface area contributed by atoms with Gasteiger partial charge in [0.25, 0.3) is 0 Å². The maximum Gasteiger partial charge on any atom is 0.495 e. The van der Waals surface area contributed by atoms with E-state index >= 15 is 0 Å². The predicted octanol–water partition coefficient (Wildman–Crippen LogP) is 3.57. The van der Waals surface area contributed by atoms with E-state index in [-0.39, 0.29) is 11.2 Å². The van der Waals surface area contributed by atoms with E-state index < -0.39 is 7.12 Å². The normalized spacial score (nSPS) is 18.2. The van der Waals surface area contributed by atoms with E-state index in [2.05, 4.69) is 27.7 Å². The Balaban J connectivity index is 1.78. The van der Waals surface area contributed by atoms with Gasteiger partial charge >= 0.3 is 7.12 Å². The number of rotatable bonds is 5. The van der Waals surface area contributed by atoms with Crippen molar-refractivity contribution in [2.45, 2.75) is 45.5 Å². The van der Waals surface area contributed by atoms with Crippen LogP contribution in [-0.2, 0) is 15.9 Å². The summed E-state index contributed by atoms with van der Waals surface area (Å²) < 4.78 is 23.5. The first kappa shape index (κ1) is 17.8. The van der Waals surface area contributed by atoms with Gasteiger partial charge in [-0.1, -0.05) is 30.3 Å². The molecule has 3 rings (SSSR count). The molecule has 0 amide bonds.